The van der Waals surface area contributed by atoms with Gasteiger partial charge in [-0.1, -0.05) is 34.6 Å². The number of amides is 5. The number of rotatable bonds is 8. The fourth-order valence-corrected chi connectivity index (χ4v) is 6.53. The molecule has 210 valence electrons. The summed E-state index contributed by atoms with van der Waals surface area (Å²) in [6.07, 6.45) is -3.93. The molecule has 37 heavy (non-hydrogen) atoms. The minimum atomic E-state index is -5.16. The Bertz CT molecular complexity index is 976. The first-order valence-electron chi connectivity index (χ1n) is 12.7. The van der Waals surface area contributed by atoms with E-state index in [1.54, 1.807) is 27.7 Å². The van der Waals surface area contributed by atoms with Gasteiger partial charge in [0.2, 0.25) is 5.91 Å². The summed E-state index contributed by atoms with van der Waals surface area (Å²) >= 11 is 0. The lowest BCUT2D eigenvalue weighted by Crippen LogP contribution is -2.63. The van der Waals surface area contributed by atoms with Crippen LogP contribution in [0, 0.1) is 21.7 Å². The van der Waals surface area contributed by atoms with Gasteiger partial charge in [0, 0.05) is 30.5 Å². The molecule has 9 nitrogen and oxygen atoms in total. The number of likely N-dealkylation sites (tertiary alicyclic amines) is 1. The molecule has 12 heteroatoms. The molecule has 0 aromatic rings. The number of imide groups is 1. The van der Waals surface area contributed by atoms with Crippen LogP contribution < -0.4 is 10.6 Å². The Morgan fingerprint density at radius 3 is 2.14 bits per heavy atom. The lowest BCUT2D eigenvalue weighted by molar-refractivity contribution is -0.176. The Balaban J connectivity index is 1.95. The fourth-order valence-electron chi connectivity index (χ4n) is 6.53. The molecule has 2 N–H and O–H groups in total. The molecule has 4 atom stereocenters. The molecule has 2 saturated carbocycles. The molecule has 0 radical (unpaired) electrons. The summed E-state index contributed by atoms with van der Waals surface area (Å²) in [5.74, 6) is -3.48. The smallest absolute Gasteiger partial charge is 0.338 e. The normalized spacial score (nSPS) is 28.2. The zero-order chi connectivity index (χ0) is 28.4. The maximum Gasteiger partial charge on any atom is 0.471 e. The van der Waals surface area contributed by atoms with Crippen molar-refractivity contribution < 1.29 is 32.3 Å². The van der Waals surface area contributed by atoms with E-state index in [0.717, 1.165) is 4.90 Å². The van der Waals surface area contributed by atoms with E-state index in [1.807, 2.05) is 38.2 Å². The molecule has 1 saturated heterocycles. The Labute approximate surface area is 216 Å². The summed E-state index contributed by atoms with van der Waals surface area (Å²) in [7, 11) is 3.75. The molecule has 0 spiro atoms. The molecular weight excluding hydrogens is 491 g/mol. The van der Waals surface area contributed by atoms with Gasteiger partial charge in [0.15, 0.2) is 0 Å². The topological polar surface area (TPSA) is 102 Å². The number of hydrogen-bond donors (Lipinski definition) is 2. The predicted octanol–water partition coefficient (Wildman–Crippen LogP) is 2.22. The van der Waals surface area contributed by atoms with E-state index in [1.165, 1.54) is 4.90 Å². The van der Waals surface area contributed by atoms with Crippen molar-refractivity contribution in [2.75, 3.05) is 40.3 Å². The maximum atomic E-state index is 14.0. The second-order valence-electron chi connectivity index (χ2n) is 12.5. The SMILES string of the molecule is CCNC(=O)N(CCCN(C)C)C(=O)[C@H]1N(C(=O)[C@@H](NC(=O)C(F)(F)F)C(C)(C)C)C[C@@]23CC12C3(C)C. The van der Waals surface area contributed by atoms with Crippen molar-refractivity contribution in [1.29, 1.82) is 0 Å². The summed E-state index contributed by atoms with van der Waals surface area (Å²) in [5, 5.41) is 4.53. The zero-order valence-corrected chi connectivity index (χ0v) is 23.0. The van der Waals surface area contributed by atoms with Crippen LogP contribution in [0.5, 0.6) is 0 Å². The molecule has 1 unspecified atom stereocenters. The molecule has 1 heterocycles. The van der Waals surface area contributed by atoms with Gasteiger partial charge >= 0.3 is 18.1 Å². The second-order valence-corrected chi connectivity index (χ2v) is 12.5. The number of carbonyl (C=O) groups excluding carboxylic acids is 4. The number of hydrogen-bond acceptors (Lipinski definition) is 5. The average molecular weight is 532 g/mol. The summed E-state index contributed by atoms with van der Waals surface area (Å²) in [6, 6.07) is -3.06. The lowest BCUT2D eigenvalue weighted by atomic mass is 9.79. The van der Waals surface area contributed by atoms with Crippen molar-refractivity contribution >= 4 is 23.8 Å². The standard InChI is InChI=1S/C25H40F3N5O4/c1-9-29-20(37)32(12-10-11-31(7)8)18(35)16-24-13-23(24,22(24,5)6)14-33(16)17(34)15(21(2,3)4)30-19(36)25(26,27)28/h15-16H,9-14H2,1-8H3,(H,29,37)(H,30,36)/t15-,16-,23-,24?/m1/s1. The molecule has 5 amide bonds. The van der Waals surface area contributed by atoms with Gasteiger partial charge in [-0.2, -0.15) is 13.2 Å². The number of nitrogens with zero attached hydrogens (tertiary/aromatic N) is 3. The van der Waals surface area contributed by atoms with Crippen LogP contribution in [0.1, 0.15) is 54.4 Å². The van der Waals surface area contributed by atoms with Crippen LogP contribution in [0.2, 0.25) is 0 Å². The van der Waals surface area contributed by atoms with E-state index in [9.17, 15) is 32.3 Å². The van der Waals surface area contributed by atoms with Crippen molar-refractivity contribution in [3.63, 3.8) is 0 Å². The summed E-state index contributed by atoms with van der Waals surface area (Å²) in [6.45, 7) is 11.7. The Hall–Kier alpha value is -2.37. The predicted molar refractivity (Wildman–Crippen MR) is 130 cm³/mol. The van der Waals surface area contributed by atoms with Crippen molar-refractivity contribution in [2.45, 2.75) is 72.6 Å². The molecule has 0 aromatic carbocycles. The first-order valence-corrected chi connectivity index (χ1v) is 12.7. The van der Waals surface area contributed by atoms with Gasteiger partial charge in [0.1, 0.15) is 12.1 Å². The van der Waals surface area contributed by atoms with Crippen LogP contribution in [0.4, 0.5) is 18.0 Å². The van der Waals surface area contributed by atoms with E-state index >= 15 is 0 Å². The number of carbonyl (C=O) groups is 4. The van der Waals surface area contributed by atoms with Crippen molar-refractivity contribution in [3.8, 4) is 0 Å². The molecule has 3 rings (SSSR count). The summed E-state index contributed by atoms with van der Waals surface area (Å²) in [5.41, 5.74) is -2.16. The van der Waals surface area contributed by atoms with Crippen LogP contribution in [-0.4, -0.2) is 97.0 Å². The molecule has 3 aliphatic rings. The Morgan fingerprint density at radius 1 is 1.08 bits per heavy atom. The molecule has 3 fully saturated rings. The van der Waals surface area contributed by atoms with Crippen molar-refractivity contribution in [2.24, 2.45) is 21.7 Å². The monoisotopic (exact) mass is 531 g/mol. The number of alkyl halides is 3. The van der Waals surface area contributed by atoms with Gasteiger partial charge in [-0.3, -0.25) is 19.3 Å². The van der Waals surface area contributed by atoms with Crippen LogP contribution in [0.15, 0.2) is 0 Å². The van der Waals surface area contributed by atoms with Gasteiger partial charge in [-0.15, -0.1) is 0 Å². The number of piperidine rings is 2. The first kappa shape index (κ1) is 29.2. The second kappa shape index (κ2) is 9.13. The third-order valence-corrected chi connectivity index (χ3v) is 8.77. The number of urea groups is 1. The van der Waals surface area contributed by atoms with E-state index in [0.29, 0.717) is 25.9 Å². The fraction of sp³-hybridized carbons (Fsp3) is 0.840. The van der Waals surface area contributed by atoms with Gasteiger partial charge in [-0.25, -0.2) is 4.79 Å². The maximum absolute atomic E-state index is 14.0. The Morgan fingerprint density at radius 2 is 1.68 bits per heavy atom. The van der Waals surface area contributed by atoms with Gasteiger partial charge in [0.25, 0.3) is 5.91 Å². The van der Waals surface area contributed by atoms with Gasteiger partial charge in [0.05, 0.1) is 0 Å². The first-order chi connectivity index (χ1) is 16.8. The minimum absolute atomic E-state index is 0.137. The molecule has 0 bridgehead atoms. The van der Waals surface area contributed by atoms with E-state index in [2.05, 4.69) is 5.32 Å². The highest BCUT2D eigenvalue weighted by molar-refractivity contribution is 6.02. The van der Waals surface area contributed by atoms with Gasteiger partial charge < -0.3 is 20.4 Å². The zero-order valence-electron chi connectivity index (χ0n) is 23.0. The largest absolute Gasteiger partial charge is 0.471 e. The highest BCUT2D eigenvalue weighted by Gasteiger charge is 3.02. The van der Waals surface area contributed by atoms with E-state index in [-0.39, 0.29) is 23.9 Å². The lowest BCUT2D eigenvalue weighted by Gasteiger charge is -2.43. The van der Waals surface area contributed by atoms with Crippen LogP contribution in [0.25, 0.3) is 0 Å². The molecule has 2 aliphatic carbocycles. The van der Waals surface area contributed by atoms with Crippen LogP contribution in [0.3, 0.4) is 0 Å². The minimum Gasteiger partial charge on any atom is -0.338 e. The molecular formula is C25H40F3N5O4. The molecule has 0 aromatic heterocycles. The number of halogens is 3. The van der Waals surface area contributed by atoms with Gasteiger partial charge in [-0.05, 0) is 51.2 Å². The summed E-state index contributed by atoms with van der Waals surface area (Å²) in [4.78, 5) is 57.0. The van der Waals surface area contributed by atoms with Crippen LogP contribution >= 0.6 is 0 Å². The van der Waals surface area contributed by atoms with E-state index < -0.39 is 52.8 Å². The Kier molecular flexibility index (Phi) is 7.20. The third-order valence-electron chi connectivity index (χ3n) is 8.77. The quantitative estimate of drug-likeness (QED) is 0.500. The summed E-state index contributed by atoms with van der Waals surface area (Å²) < 4.78 is 39.2. The average Bonchev–Trinajstić information content (AvgIpc) is 3.47. The van der Waals surface area contributed by atoms with Crippen LogP contribution in [-0.2, 0) is 14.4 Å². The highest BCUT2D eigenvalue weighted by atomic mass is 19.4. The third kappa shape index (κ3) is 4.48. The number of nitrogens with one attached hydrogen (secondary N) is 2. The molecule has 1 aliphatic heterocycles. The highest BCUT2D eigenvalue weighted by Crippen LogP contribution is 3.00. The van der Waals surface area contributed by atoms with E-state index in [4.69, 9.17) is 0 Å². The van der Waals surface area contributed by atoms with Crippen molar-refractivity contribution in [3.05, 3.63) is 0 Å². The van der Waals surface area contributed by atoms with Crippen molar-refractivity contribution in [1.82, 2.24) is 25.3 Å².